The molecule has 0 bridgehead atoms. The number of aromatic nitrogens is 1. The lowest BCUT2D eigenvalue weighted by atomic mass is 9.90. The molecule has 168 valence electrons. The van der Waals surface area contributed by atoms with Gasteiger partial charge in [-0.25, -0.2) is 0 Å². The van der Waals surface area contributed by atoms with Crippen LogP contribution in [0.2, 0.25) is 0 Å². The van der Waals surface area contributed by atoms with Crippen LogP contribution in [0.1, 0.15) is 25.8 Å². The van der Waals surface area contributed by atoms with Crippen LogP contribution < -0.4 is 9.47 Å². The molecule has 0 aliphatic rings. The third-order valence-corrected chi connectivity index (χ3v) is 4.57. The van der Waals surface area contributed by atoms with Crippen LogP contribution >= 0.6 is 0 Å². The van der Waals surface area contributed by atoms with E-state index in [0.717, 1.165) is 10.9 Å². The van der Waals surface area contributed by atoms with Gasteiger partial charge in [0.15, 0.2) is 0 Å². The van der Waals surface area contributed by atoms with Gasteiger partial charge in [0.1, 0.15) is 18.0 Å². The number of carboxylic acid groups (broad SMARTS) is 1. The number of hydrogen-bond acceptors (Lipinski definition) is 3. The van der Waals surface area contributed by atoms with Gasteiger partial charge in [0.2, 0.25) is 0 Å². The van der Waals surface area contributed by atoms with Crippen molar-refractivity contribution in [3.05, 3.63) is 60.3 Å². The van der Waals surface area contributed by atoms with Crippen LogP contribution in [-0.4, -0.2) is 28.6 Å². The normalized spacial score (nSPS) is 11.7. The molecule has 32 heavy (non-hydrogen) atoms. The minimum atomic E-state index is -4.72. The summed E-state index contributed by atoms with van der Waals surface area (Å²) in [5, 5.41) is 9.96. The summed E-state index contributed by atoms with van der Waals surface area (Å²) in [5.74, 6) is 5.39. The molecule has 0 aliphatic heterocycles. The molecule has 0 saturated heterocycles. The highest BCUT2D eigenvalue weighted by Gasteiger charge is 2.30. The number of carbonyl (C=O) groups is 1. The zero-order valence-corrected chi connectivity index (χ0v) is 17.6. The van der Waals surface area contributed by atoms with E-state index in [9.17, 15) is 18.0 Å². The fraction of sp³-hybridized carbons (Fsp3) is 0.292. The lowest BCUT2D eigenvalue weighted by Gasteiger charge is -2.22. The van der Waals surface area contributed by atoms with Gasteiger partial charge >= 0.3 is 12.3 Å². The Balaban J connectivity index is 1.58. The van der Waals surface area contributed by atoms with E-state index in [4.69, 9.17) is 9.84 Å². The molecule has 1 N–H and O–H groups in total. The molecule has 0 aliphatic carbocycles. The molecule has 3 aromatic rings. The number of ether oxygens (including phenoxy) is 2. The maximum Gasteiger partial charge on any atom is 0.573 e. The molecule has 0 saturated carbocycles. The van der Waals surface area contributed by atoms with Gasteiger partial charge in [-0.3, -0.25) is 4.79 Å². The summed E-state index contributed by atoms with van der Waals surface area (Å²) < 4.78 is 48.1. The summed E-state index contributed by atoms with van der Waals surface area (Å²) in [6.07, 6.45) is -2.49. The Hall–Kier alpha value is -3.60. The average Bonchev–Trinajstić information content (AvgIpc) is 3.08. The van der Waals surface area contributed by atoms with Gasteiger partial charge in [-0.05, 0) is 47.9 Å². The molecule has 0 spiro atoms. The zero-order valence-electron chi connectivity index (χ0n) is 17.6. The molecule has 0 atom stereocenters. The van der Waals surface area contributed by atoms with E-state index in [0.29, 0.717) is 24.3 Å². The molecular weight excluding hydrogens is 423 g/mol. The van der Waals surface area contributed by atoms with Gasteiger partial charge in [-0.2, -0.15) is 0 Å². The van der Waals surface area contributed by atoms with Crippen LogP contribution in [0.25, 0.3) is 10.9 Å². The number of benzene rings is 2. The van der Waals surface area contributed by atoms with E-state index in [1.54, 1.807) is 10.8 Å². The van der Waals surface area contributed by atoms with Gasteiger partial charge < -0.3 is 19.1 Å². The van der Waals surface area contributed by atoms with Crippen molar-refractivity contribution in [3.8, 4) is 23.3 Å². The van der Waals surface area contributed by atoms with Crippen molar-refractivity contribution in [3.63, 3.8) is 0 Å². The smallest absolute Gasteiger partial charge is 0.493 e. The standard InChI is InChI=1S/C24H22F3NO4/c1-23(2,12-3-4-17-5-8-19(9-6-17)32-24(25,26)27)16-31-20-10-7-18-11-13-28(15-22(29)30)21(18)14-20/h5-11,13-14H,12,15-16H2,1-2H3,(H,29,30). The molecule has 1 aromatic heterocycles. The lowest BCUT2D eigenvalue weighted by Crippen LogP contribution is -2.20. The highest BCUT2D eigenvalue weighted by atomic mass is 19.4. The molecular formula is C24H22F3NO4. The second kappa shape index (κ2) is 9.27. The topological polar surface area (TPSA) is 60.7 Å². The first kappa shape index (κ1) is 23.1. The summed E-state index contributed by atoms with van der Waals surface area (Å²) in [5.41, 5.74) is 1.07. The first-order chi connectivity index (χ1) is 15.0. The fourth-order valence-electron chi connectivity index (χ4n) is 2.99. The Morgan fingerprint density at radius 2 is 1.75 bits per heavy atom. The van der Waals surface area contributed by atoms with E-state index in [2.05, 4.69) is 16.6 Å². The largest absolute Gasteiger partial charge is 0.573 e. The molecule has 0 radical (unpaired) electrons. The summed E-state index contributed by atoms with van der Waals surface area (Å²) in [6.45, 7) is 4.24. The Kier molecular flexibility index (Phi) is 6.68. The first-order valence-electron chi connectivity index (χ1n) is 9.79. The molecule has 5 nitrogen and oxygen atoms in total. The number of carboxylic acids is 1. The van der Waals surface area contributed by atoms with Crippen LogP contribution in [0, 0.1) is 17.3 Å². The quantitative estimate of drug-likeness (QED) is 0.490. The predicted molar refractivity (Wildman–Crippen MR) is 113 cm³/mol. The Labute approximate surface area is 183 Å². The Morgan fingerprint density at radius 1 is 1.06 bits per heavy atom. The van der Waals surface area contributed by atoms with Crippen molar-refractivity contribution in [1.29, 1.82) is 0 Å². The number of alkyl halides is 3. The number of halogens is 3. The van der Waals surface area contributed by atoms with Crippen molar-refractivity contribution in [2.24, 2.45) is 5.41 Å². The zero-order chi connectivity index (χ0) is 23.4. The second-order valence-electron chi connectivity index (χ2n) is 8.06. The fourth-order valence-corrected chi connectivity index (χ4v) is 2.99. The molecule has 0 amide bonds. The highest BCUT2D eigenvalue weighted by Crippen LogP contribution is 2.26. The lowest BCUT2D eigenvalue weighted by molar-refractivity contribution is -0.274. The summed E-state index contributed by atoms with van der Waals surface area (Å²) in [6, 6.07) is 12.8. The monoisotopic (exact) mass is 445 g/mol. The van der Waals surface area contributed by atoms with E-state index in [1.807, 2.05) is 38.1 Å². The van der Waals surface area contributed by atoms with Crippen LogP contribution in [0.5, 0.6) is 11.5 Å². The van der Waals surface area contributed by atoms with Crippen LogP contribution in [0.3, 0.4) is 0 Å². The summed E-state index contributed by atoms with van der Waals surface area (Å²) >= 11 is 0. The number of hydrogen-bond donors (Lipinski definition) is 1. The highest BCUT2D eigenvalue weighted by molar-refractivity contribution is 5.83. The van der Waals surface area contributed by atoms with E-state index < -0.39 is 12.3 Å². The van der Waals surface area contributed by atoms with Gasteiger partial charge in [0.05, 0.1) is 12.1 Å². The van der Waals surface area contributed by atoms with Gasteiger partial charge in [-0.15, -0.1) is 13.2 Å². The van der Waals surface area contributed by atoms with E-state index in [-0.39, 0.29) is 17.7 Å². The maximum absolute atomic E-state index is 12.2. The predicted octanol–water partition coefficient (Wildman–Crippen LogP) is 5.47. The van der Waals surface area contributed by atoms with E-state index >= 15 is 0 Å². The van der Waals surface area contributed by atoms with Crippen molar-refractivity contribution in [1.82, 2.24) is 4.57 Å². The average molecular weight is 445 g/mol. The summed E-state index contributed by atoms with van der Waals surface area (Å²) in [7, 11) is 0. The van der Waals surface area contributed by atoms with Crippen LogP contribution in [0.4, 0.5) is 13.2 Å². The Morgan fingerprint density at radius 3 is 2.41 bits per heavy atom. The van der Waals surface area contributed by atoms with Gasteiger partial charge in [0, 0.05) is 29.7 Å². The molecule has 0 fully saturated rings. The minimum Gasteiger partial charge on any atom is -0.493 e. The maximum atomic E-state index is 12.2. The number of fused-ring (bicyclic) bond motifs is 1. The van der Waals surface area contributed by atoms with Gasteiger partial charge in [0.25, 0.3) is 0 Å². The van der Waals surface area contributed by atoms with E-state index in [1.165, 1.54) is 24.3 Å². The molecule has 3 rings (SSSR count). The van der Waals surface area contributed by atoms with Crippen molar-refractivity contribution in [2.45, 2.75) is 33.2 Å². The van der Waals surface area contributed by atoms with Crippen LogP contribution in [-0.2, 0) is 11.3 Å². The Bertz CT molecular complexity index is 1150. The third kappa shape index (κ3) is 6.71. The molecule has 1 heterocycles. The molecule has 0 unspecified atom stereocenters. The van der Waals surface area contributed by atoms with Crippen molar-refractivity contribution >= 4 is 16.9 Å². The molecule has 2 aromatic carbocycles. The molecule has 8 heteroatoms. The number of rotatable bonds is 7. The first-order valence-corrected chi connectivity index (χ1v) is 9.79. The third-order valence-electron chi connectivity index (χ3n) is 4.57. The van der Waals surface area contributed by atoms with Crippen LogP contribution in [0.15, 0.2) is 54.7 Å². The number of aliphatic carboxylic acids is 1. The summed E-state index contributed by atoms with van der Waals surface area (Å²) in [4.78, 5) is 11.0. The minimum absolute atomic E-state index is 0.128. The van der Waals surface area contributed by atoms with Gasteiger partial charge in [-0.1, -0.05) is 25.7 Å². The van der Waals surface area contributed by atoms with Crippen molar-refractivity contribution in [2.75, 3.05) is 6.61 Å². The second-order valence-corrected chi connectivity index (χ2v) is 8.06. The van der Waals surface area contributed by atoms with Crippen molar-refractivity contribution < 1.29 is 32.5 Å². The number of nitrogens with zero attached hydrogens (tertiary/aromatic N) is 1. The SMILES string of the molecule is CC(C)(CC#Cc1ccc(OC(F)(F)F)cc1)COc1ccc2ccn(CC(=O)O)c2c1.